The summed E-state index contributed by atoms with van der Waals surface area (Å²) in [5.74, 6) is -1.02. The summed E-state index contributed by atoms with van der Waals surface area (Å²) in [6.07, 6.45) is -4.79. The third-order valence-corrected chi connectivity index (χ3v) is 4.22. The number of nitrogens with zero attached hydrogens (tertiary/aromatic N) is 2. The molecule has 12 nitrogen and oxygen atoms in total. The smallest absolute Gasteiger partial charge is 0.327 e. The summed E-state index contributed by atoms with van der Waals surface area (Å²) in [7, 11) is 0. The summed E-state index contributed by atoms with van der Waals surface area (Å²) in [6.45, 7) is -0.351. The van der Waals surface area contributed by atoms with E-state index in [9.17, 15) is 34.5 Å². The second kappa shape index (κ2) is 8.43. The van der Waals surface area contributed by atoms with Crippen LogP contribution in [0.1, 0.15) is 13.3 Å². The third-order valence-electron chi connectivity index (χ3n) is 4.22. The van der Waals surface area contributed by atoms with Crippen molar-refractivity contribution >= 4 is 23.2 Å². The molecule has 0 aromatic carbocycles. The lowest BCUT2D eigenvalue weighted by molar-refractivity contribution is -0.122. The van der Waals surface area contributed by atoms with E-state index >= 15 is 0 Å². The molecule has 150 valence electrons. The number of aliphatic hydroxyl groups is 4. The summed E-state index contributed by atoms with van der Waals surface area (Å²) >= 11 is 0. The molecule has 0 fully saturated rings. The van der Waals surface area contributed by atoms with Gasteiger partial charge in [0, 0.05) is 13.0 Å². The van der Waals surface area contributed by atoms with Crippen LogP contribution < -0.4 is 21.0 Å². The molecule has 1 aromatic heterocycles. The Balaban J connectivity index is 2.41. The van der Waals surface area contributed by atoms with E-state index in [1.165, 1.54) is 0 Å². The molecule has 0 aliphatic carbocycles. The molecule has 0 bridgehead atoms. The van der Waals surface area contributed by atoms with Crippen LogP contribution >= 0.6 is 0 Å². The van der Waals surface area contributed by atoms with Crippen LogP contribution in [0.15, 0.2) is 9.59 Å². The lowest BCUT2D eigenvalue weighted by atomic mass is 10.1. The van der Waals surface area contributed by atoms with Crippen molar-refractivity contribution in [3.8, 4) is 0 Å². The molecular formula is C15H22N4O8. The van der Waals surface area contributed by atoms with Gasteiger partial charge in [0.05, 0.1) is 19.7 Å². The molecule has 6 N–H and O–H groups in total. The van der Waals surface area contributed by atoms with E-state index in [1.54, 1.807) is 6.92 Å². The Morgan fingerprint density at radius 3 is 2.41 bits per heavy atom. The molecule has 2 rings (SSSR count). The molecule has 0 spiro atoms. The Bertz CT molecular complexity index is 819. The number of rotatable bonds is 8. The lowest BCUT2D eigenvalue weighted by Crippen LogP contribution is -2.55. The number of aromatic amines is 2. The molecule has 1 aliphatic heterocycles. The number of ketones is 1. The van der Waals surface area contributed by atoms with Crippen LogP contribution in [0.3, 0.4) is 0 Å². The topological polar surface area (TPSA) is 187 Å². The van der Waals surface area contributed by atoms with E-state index in [0.717, 1.165) is 9.80 Å². The average Bonchev–Trinajstić information content (AvgIpc) is 2.62. The van der Waals surface area contributed by atoms with Gasteiger partial charge in [0.2, 0.25) is 5.91 Å². The number of H-pyrrole nitrogens is 2. The summed E-state index contributed by atoms with van der Waals surface area (Å²) in [4.78, 5) is 54.5. The maximum atomic E-state index is 12.5. The largest absolute Gasteiger partial charge is 0.394 e. The number of hydrogen-bond donors (Lipinski definition) is 6. The Kier molecular flexibility index (Phi) is 6.49. The SMILES string of the molecule is CCC(=O)CN1C(=O)CN(C[C@H](O)[C@H](O)[C@H](O)CO)c2[nH]c(=O)[nH]c(=O)c21. The van der Waals surface area contributed by atoms with Crippen LogP contribution in [-0.4, -0.2) is 86.6 Å². The third kappa shape index (κ3) is 4.42. The number of carbonyl (C=O) groups excluding carboxylic acids is 2. The van der Waals surface area contributed by atoms with Crippen molar-refractivity contribution in [3.05, 3.63) is 20.8 Å². The highest BCUT2D eigenvalue weighted by molar-refractivity contribution is 6.05. The van der Waals surface area contributed by atoms with Crippen molar-refractivity contribution in [2.75, 3.05) is 36.0 Å². The van der Waals surface area contributed by atoms with Crippen LogP contribution in [0.25, 0.3) is 0 Å². The first-order valence-corrected chi connectivity index (χ1v) is 8.28. The number of nitrogens with one attached hydrogen (secondary N) is 2. The maximum absolute atomic E-state index is 12.5. The highest BCUT2D eigenvalue weighted by Gasteiger charge is 2.36. The normalized spacial score (nSPS) is 17.4. The van der Waals surface area contributed by atoms with Gasteiger partial charge in [-0.1, -0.05) is 6.92 Å². The molecule has 1 amide bonds. The van der Waals surface area contributed by atoms with Crippen molar-refractivity contribution in [1.29, 1.82) is 0 Å². The van der Waals surface area contributed by atoms with Gasteiger partial charge in [-0.15, -0.1) is 0 Å². The minimum absolute atomic E-state index is 0.100. The highest BCUT2D eigenvalue weighted by Crippen LogP contribution is 2.27. The van der Waals surface area contributed by atoms with Gasteiger partial charge >= 0.3 is 5.69 Å². The van der Waals surface area contributed by atoms with Crippen LogP contribution in [-0.2, 0) is 9.59 Å². The molecule has 0 saturated heterocycles. The van der Waals surface area contributed by atoms with Crippen molar-refractivity contribution in [2.24, 2.45) is 0 Å². The Morgan fingerprint density at radius 2 is 1.81 bits per heavy atom. The quantitative estimate of drug-likeness (QED) is 0.261. The van der Waals surface area contributed by atoms with E-state index < -0.39 is 48.6 Å². The first-order valence-electron chi connectivity index (χ1n) is 8.28. The van der Waals surface area contributed by atoms with Gasteiger partial charge in [0.1, 0.15) is 24.1 Å². The molecule has 2 heterocycles. The number of amides is 1. The van der Waals surface area contributed by atoms with Crippen molar-refractivity contribution in [3.63, 3.8) is 0 Å². The van der Waals surface area contributed by atoms with E-state index in [4.69, 9.17) is 5.11 Å². The summed E-state index contributed by atoms with van der Waals surface area (Å²) in [5.41, 5.74) is -2.00. The van der Waals surface area contributed by atoms with Gasteiger partial charge in [-0.3, -0.25) is 29.3 Å². The Labute approximate surface area is 152 Å². The highest BCUT2D eigenvalue weighted by atomic mass is 16.4. The number of carbonyl (C=O) groups is 2. The standard InChI is InChI=1S/C15H22N4O8/c1-2-7(21)3-19-10(24)5-18(4-8(22)12(25)9(23)6-20)13-11(19)14(26)17-15(27)16-13/h8-9,12,20,22-23,25H,2-6H2,1H3,(H2,16,17,26,27)/t8-,9+,12-/m0/s1. The zero-order valence-corrected chi connectivity index (χ0v) is 14.6. The fourth-order valence-corrected chi connectivity index (χ4v) is 2.71. The zero-order chi connectivity index (χ0) is 20.3. The predicted octanol–water partition coefficient (Wildman–Crippen LogP) is -3.73. The van der Waals surface area contributed by atoms with Gasteiger partial charge in [-0.25, -0.2) is 4.79 Å². The van der Waals surface area contributed by atoms with Gasteiger partial charge < -0.3 is 25.3 Å². The summed E-state index contributed by atoms with van der Waals surface area (Å²) < 4.78 is 0. The summed E-state index contributed by atoms with van der Waals surface area (Å²) in [5, 5.41) is 38.1. The van der Waals surface area contributed by atoms with Gasteiger partial charge in [-0.2, -0.15) is 0 Å². The lowest BCUT2D eigenvalue weighted by Gasteiger charge is -2.37. The Morgan fingerprint density at radius 1 is 1.15 bits per heavy atom. The monoisotopic (exact) mass is 386 g/mol. The van der Waals surface area contributed by atoms with Crippen LogP contribution in [0, 0.1) is 0 Å². The predicted molar refractivity (Wildman–Crippen MR) is 92.7 cm³/mol. The van der Waals surface area contributed by atoms with Crippen molar-refractivity contribution in [2.45, 2.75) is 31.7 Å². The van der Waals surface area contributed by atoms with Crippen LogP contribution in [0.2, 0.25) is 0 Å². The maximum Gasteiger partial charge on any atom is 0.327 e. The number of aliphatic hydroxyl groups excluding tert-OH is 4. The second-order valence-electron chi connectivity index (χ2n) is 6.17. The van der Waals surface area contributed by atoms with Crippen LogP contribution in [0.4, 0.5) is 11.5 Å². The Hall–Kier alpha value is -2.54. The van der Waals surface area contributed by atoms with Gasteiger partial charge in [0.15, 0.2) is 11.5 Å². The fourth-order valence-electron chi connectivity index (χ4n) is 2.71. The first-order chi connectivity index (χ1) is 12.7. The van der Waals surface area contributed by atoms with Crippen molar-refractivity contribution < 1.29 is 30.0 Å². The van der Waals surface area contributed by atoms with E-state index in [1.807, 2.05) is 4.98 Å². The number of aromatic nitrogens is 2. The molecule has 27 heavy (non-hydrogen) atoms. The molecule has 1 aromatic rings. The first kappa shape index (κ1) is 20.8. The zero-order valence-electron chi connectivity index (χ0n) is 14.6. The summed E-state index contributed by atoms with van der Waals surface area (Å²) in [6, 6.07) is 0. The van der Waals surface area contributed by atoms with Gasteiger partial charge in [-0.05, 0) is 0 Å². The molecule has 12 heteroatoms. The average molecular weight is 386 g/mol. The van der Waals surface area contributed by atoms with E-state index in [-0.39, 0.29) is 36.8 Å². The molecule has 0 radical (unpaired) electrons. The van der Waals surface area contributed by atoms with Crippen LogP contribution in [0.5, 0.6) is 0 Å². The van der Waals surface area contributed by atoms with E-state index in [0.29, 0.717) is 0 Å². The molecule has 0 unspecified atom stereocenters. The van der Waals surface area contributed by atoms with Crippen molar-refractivity contribution in [1.82, 2.24) is 9.97 Å². The minimum Gasteiger partial charge on any atom is -0.394 e. The molecular weight excluding hydrogens is 364 g/mol. The number of hydrogen-bond acceptors (Lipinski definition) is 9. The number of fused-ring (bicyclic) bond motifs is 1. The van der Waals surface area contributed by atoms with E-state index in [2.05, 4.69) is 4.98 Å². The molecule has 1 aliphatic rings. The van der Waals surface area contributed by atoms with Gasteiger partial charge in [0.25, 0.3) is 5.56 Å². The number of Topliss-reactive ketones (excluding diaryl/α,β-unsaturated/α-hetero) is 1. The molecule has 0 saturated carbocycles. The molecule has 3 atom stereocenters. The second-order valence-corrected chi connectivity index (χ2v) is 6.17. The minimum atomic E-state index is -1.72. The number of β-amino-alcohol motifs (C(OH)–C–C–N with tert-alkyl or cyclic N) is 1. The fraction of sp³-hybridized carbons (Fsp3) is 0.600. The number of anilines is 2.